The van der Waals surface area contributed by atoms with E-state index < -0.39 is 5.97 Å². The van der Waals surface area contributed by atoms with Crippen molar-refractivity contribution in [3.63, 3.8) is 0 Å². The zero-order valence-electron chi connectivity index (χ0n) is 5.06. The Morgan fingerprint density at radius 3 is 2.56 bits per heavy atom. The molecule has 0 amide bonds. The zero-order chi connectivity index (χ0) is 6.91. The topological polar surface area (TPSA) is 37.3 Å². The molecule has 0 bridgehead atoms. The van der Waals surface area contributed by atoms with E-state index in [9.17, 15) is 4.79 Å². The van der Waals surface area contributed by atoms with Gasteiger partial charge in [0.25, 0.3) is 0 Å². The van der Waals surface area contributed by atoms with Crippen LogP contribution in [0.3, 0.4) is 0 Å². The van der Waals surface area contributed by atoms with Gasteiger partial charge in [0, 0.05) is 11.3 Å². The number of hydrogen-bond acceptors (Lipinski definition) is 1. The van der Waals surface area contributed by atoms with Gasteiger partial charge in [0.1, 0.15) is 0 Å². The molecule has 1 N–H and O–H groups in total. The predicted molar refractivity (Wildman–Crippen MR) is 34.7 cm³/mol. The first kappa shape index (κ1) is 6.87. The molecular formula is C6H9ClO2. The van der Waals surface area contributed by atoms with E-state index >= 15 is 0 Å². The van der Waals surface area contributed by atoms with Crippen molar-refractivity contribution in [1.82, 2.24) is 0 Å². The Hall–Kier alpha value is -0.240. The number of alkyl halides is 1. The number of aliphatic carboxylic acids is 1. The molecule has 1 aliphatic rings. The van der Waals surface area contributed by atoms with Crippen LogP contribution in [-0.4, -0.2) is 16.0 Å². The number of halogens is 1. The van der Waals surface area contributed by atoms with E-state index in [0.717, 1.165) is 12.8 Å². The van der Waals surface area contributed by atoms with E-state index in [1.807, 2.05) is 0 Å². The maximum absolute atomic E-state index is 10.0. The molecule has 0 spiro atoms. The molecule has 0 radical (unpaired) electrons. The summed E-state index contributed by atoms with van der Waals surface area (Å²) >= 11 is 5.83. The molecular weight excluding hydrogens is 140 g/mol. The minimum Gasteiger partial charge on any atom is -0.481 e. The number of carboxylic acids is 1. The Morgan fingerprint density at radius 2 is 2.22 bits per heavy atom. The molecule has 2 nitrogen and oxygen atoms in total. The van der Waals surface area contributed by atoms with Crippen molar-refractivity contribution in [3.8, 4) is 0 Å². The third-order valence-electron chi connectivity index (χ3n) is 1.58. The molecule has 0 aromatic rings. The molecule has 0 unspecified atom stereocenters. The second kappa shape index (κ2) is 2.18. The molecule has 0 aliphatic heterocycles. The van der Waals surface area contributed by atoms with Crippen LogP contribution in [-0.2, 0) is 4.79 Å². The minimum atomic E-state index is -0.748. The van der Waals surface area contributed by atoms with Crippen LogP contribution in [0.15, 0.2) is 0 Å². The smallest absolute Gasteiger partial charge is 0.303 e. The molecule has 9 heavy (non-hydrogen) atoms. The highest BCUT2D eigenvalue weighted by molar-refractivity contribution is 6.25. The summed E-state index contributed by atoms with van der Waals surface area (Å²) in [6.45, 7) is 0. The normalized spacial score (nSPS) is 21.4. The van der Waals surface area contributed by atoms with Crippen molar-refractivity contribution in [3.05, 3.63) is 0 Å². The van der Waals surface area contributed by atoms with Gasteiger partial charge in [-0.25, -0.2) is 0 Å². The fraction of sp³-hybridized carbons (Fsp3) is 0.833. The van der Waals surface area contributed by atoms with Crippen molar-refractivity contribution in [2.75, 3.05) is 0 Å². The Bertz CT molecular complexity index is 129. The lowest BCUT2D eigenvalue weighted by Crippen LogP contribution is -2.02. The number of carbonyl (C=O) groups is 1. The van der Waals surface area contributed by atoms with Gasteiger partial charge in [0.15, 0.2) is 0 Å². The summed E-state index contributed by atoms with van der Waals surface area (Å²) in [6.07, 6.45) is 2.82. The number of hydrogen-bond donors (Lipinski definition) is 1. The molecule has 0 saturated heterocycles. The highest BCUT2D eigenvalue weighted by Crippen LogP contribution is 2.46. The van der Waals surface area contributed by atoms with Gasteiger partial charge in [-0.2, -0.15) is 0 Å². The second-order valence-corrected chi connectivity index (χ2v) is 3.35. The van der Waals surface area contributed by atoms with Crippen LogP contribution in [0.2, 0.25) is 0 Å². The number of rotatable bonds is 3. The van der Waals surface area contributed by atoms with E-state index in [-0.39, 0.29) is 11.3 Å². The van der Waals surface area contributed by atoms with E-state index in [1.165, 1.54) is 0 Å². The SMILES string of the molecule is O=C(O)CCC1(Cl)CC1. The van der Waals surface area contributed by atoms with E-state index in [4.69, 9.17) is 16.7 Å². The minimum absolute atomic E-state index is 0.127. The molecule has 0 aromatic heterocycles. The van der Waals surface area contributed by atoms with Crippen LogP contribution in [0, 0.1) is 0 Å². The molecule has 1 fully saturated rings. The summed E-state index contributed by atoms with van der Waals surface area (Å²) < 4.78 is 0. The van der Waals surface area contributed by atoms with Crippen molar-refractivity contribution >= 4 is 17.6 Å². The Balaban J connectivity index is 2.12. The summed E-state index contributed by atoms with van der Waals surface area (Å²) in [5, 5.41) is 8.25. The van der Waals surface area contributed by atoms with Crippen LogP contribution in [0.5, 0.6) is 0 Å². The monoisotopic (exact) mass is 148 g/mol. The quantitative estimate of drug-likeness (QED) is 0.618. The molecule has 1 aliphatic carbocycles. The first-order valence-corrected chi connectivity index (χ1v) is 3.41. The molecule has 0 atom stereocenters. The van der Waals surface area contributed by atoms with Crippen LogP contribution < -0.4 is 0 Å². The van der Waals surface area contributed by atoms with Gasteiger partial charge in [-0.1, -0.05) is 0 Å². The average molecular weight is 149 g/mol. The molecule has 1 rings (SSSR count). The van der Waals surface area contributed by atoms with Crippen molar-refractivity contribution < 1.29 is 9.90 Å². The van der Waals surface area contributed by atoms with E-state index in [2.05, 4.69) is 0 Å². The predicted octanol–water partition coefficient (Wildman–Crippen LogP) is 1.62. The summed E-state index contributed by atoms with van der Waals surface area (Å²) in [4.78, 5) is 9.89. The highest BCUT2D eigenvalue weighted by Gasteiger charge is 2.40. The maximum Gasteiger partial charge on any atom is 0.303 e. The van der Waals surface area contributed by atoms with Crippen molar-refractivity contribution in [1.29, 1.82) is 0 Å². The lowest BCUT2D eigenvalue weighted by molar-refractivity contribution is -0.137. The fourth-order valence-electron chi connectivity index (χ4n) is 0.717. The van der Waals surface area contributed by atoms with Crippen LogP contribution in [0.1, 0.15) is 25.7 Å². The van der Waals surface area contributed by atoms with Gasteiger partial charge in [0.2, 0.25) is 0 Å². The molecule has 1 saturated carbocycles. The lowest BCUT2D eigenvalue weighted by Gasteiger charge is -1.99. The van der Waals surface area contributed by atoms with Crippen LogP contribution in [0.25, 0.3) is 0 Å². The molecule has 0 aromatic carbocycles. The molecule has 0 heterocycles. The standard InChI is InChI=1S/C6H9ClO2/c7-6(3-4-6)2-1-5(8)9/h1-4H2,(H,8,9). The Labute approximate surface area is 58.8 Å². The summed E-state index contributed by atoms with van der Waals surface area (Å²) in [6, 6.07) is 0. The lowest BCUT2D eigenvalue weighted by atomic mass is 10.2. The van der Waals surface area contributed by atoms with E-state index in [0.29, 0.717) is 6.42 Å². The summed E-state index contributed by atoms with van der Waals surface area (Å²) in [5.74, 6) is -0.748. The first-order chi connectivity index (χ1) is 4.12. The van der Waals surface area contributed by atoms with Gasteiger partial charge in [0.05, 0.1) is 0 Å². The Morgan fingerprint density at radius 1 is 1.67 bits per heavy atom. The van der Waals surface area contributed by atoms with Crippen LogP contribution in [0.4, 0.5) is 0 Å². The largest absolute Gasteiger partial charge is 0.481 e. The van der Waals surface area contributed by atoms with Crippen molar-refractivity contribution in [2.24, 2.45) is 0 Å². The summed E-state index contributed by atoms with van der Waals surface area (Å²) in [5.41, 5.74) is 0. The third-order valence-corrected chi connectivity index (χ3v) is 2.15. The van der Waals surface area contributed by atoms with Crippen LogP contribution >= 0.6 is 11.6 Å². The fourth-order valence-corrected chi connectivity index (χ4v) is 0.906. The van der Waals surface area contributed by atoms with Gasteiger partial charge in [-0.15, -0.1) is 11.6 Å². The highest BCUT2D eigenvalue weighted by atomic mass is 35.5. The maximum atomic E-state index is 10.0. The van der Waals surface area contributed by atoms with Crippen molar-refractivity contribution in [2.45, 2.75) is 30.6 Å². The summed E-state index contributed by atoms with van der Waals surface area (Å²) in [7, 11) is 0. The first-order valence-electron chi connectivity index (χ1n) is 3.03. The van der Waals surface area contributed by atoms with Gasteiger partial charge < -0.3 is 5.11 Å². The average Bonchev–Trinajstić information content (AvgIpc) is 2.45. The number of carboxylic acid groups (broad SMARTS) is 1. The zero-order valence-corrected chi connectivity index (χ0v) is 5.82. The Kier molecular flexibility index (Phi) is 1.66. The molecule has 3 heteroatoms. The van der Waals surface area contributed by atoms with Gasteiger partial charge in [-0.05, 0) is 19.3 Å². The van der Waals surface area contributed by atoms with Gasteiger partial charge in [-0.3, -0.25) is 4.79 Å². The molecule has 52 valence electrons. The van der Waals surface area contributed by atoms with Gasteiger partial charge >= 0.3 is 5.97 Å². The third kappa shape index (κ3) is 2.22. The van der Waals surface area contributed by atoms with E-state index in [1.54, 1.807) is 0 Å². The second-order valence-electron chi connectivity index (χ2n) is 2.54.